The fourth-order valence-electron chi connectivity index (χ4n) is 10.2. The van der Waals surface area contributed by atoms with Gasteiger partial charge in [0.25, 0.3) is 0 Å². The van der Waals surface area contributed by atoms with E-state index in [1.807, 2.05) is 6.07 Å². The first-order chi connectivity index (χ1) is 31.7. The van der Waals surface area contributed by atoms with Crippen LogP contribution in [0.2, 0.25) is 0 Å². The van der Waals surface area contributed by atoms with Gasteiger partial charge in [0, 0.05) is 32.8 Å². The van der Waals surface area contributed by atoms with Crippen molar-refractivity contribution in [2.45, 2.75) is 0 Å². The molecule has 0 saturated carbocycles. The number of rotatable bonds is 4. The van der Waals surface area contributed by atoms with Crippen molar-refractivity contribution in [2.24, 2.45) is 0 Å². The van der Waals surface area contributed by atoms with Crippen LogP contribution in [0.3, 0.4) is 0 Å². The highest BCUT2D eigenvalue weighted by Crippen LogP contribution is 2.45. The van der Waals surface area contributed by atoms with E-state index in [2.05, 4.69) is 205 Å². The van der Waals surface area contributed by atoms with Crippen molar-refractivity contribution in [1.29, 1.82) is 0 Å². The molecule has 0 N–H and O–H groups in total. The maximum Gasteiger partial charge on any atom is 0.166 e. The summed E-state index contributed by atoms with van der Waals surface area (Å²) in [7, 11) is 0. The van der Waals surface area contributed by atoms with Crippen LogP contribution in [-0.4, -0.2) is 19.5 Å². The highest BCUT2D eigenvalue weighted by Gasteiger charge is 2.26. The van der Waals surface area contributed by atoms with E-state index < -0.39 is 0 Å². The van der Waals surface area contributed by atoms with Gasteiger partial charge in [-0.3, -0.25) is 0 Å². The molecule has 64 heavy (non-hydrogen) atoms. The second kappa shape index (κ2) is 13.4. The molecule has 0 aliphatic rings. The first-order valence-electron chi connectivity index (χ1n) is 21.7. The number of para-hydroxylation sites is 1. The standard InChI is InChI=1S/C59H34N4O/c1-3-17-38-33-51-48(30-36(38)15-1)49-31-37-16-2-4-18-39(37)34-52(49)63(51)56-47(28-29-54-55(56)46-25-11-12-27-53(46)64-54)58-60-57(45-26-13-20-35-14-5-7-21-41(35)45)61-59(62-58)50-32-40-19-6-8-22-42(40)43-23-9-10-24-44(43)50/h1-34H. The zero-order chi connectivity index (χ0) is 41.9. The maximum atomic E-state index is 6.70. The third kappa shape index (κ3) is 5.15. The molecule has 0 saturated heterocycles. The minimum atomic E-state index is 0.573. The van der Waals surface area contributed by atoms with Crippen LogP contribution in [0.1, 0.15) is 0 Å². The molecular weight excluding hydrogens is 781 g/mol. The number of fused-ring (bicyclic) bond motifs is 12. The topological polar surface area (TPSA) is 56.7 Å². The Kier molecular flexibility index (Phi) is 7.33. The normalized spacial score (nSPS) is 12.1. The lowest BCUT2D eigenvalue weighted by atomic mass is 9.96. The molecule has 0 unspecified atom stereocenters. The van der Waals surface area contributed by atoms with E-state index in [0.29, 0.717) is 17.5 Å². The molecule has 0 amide bonds. The fraction of sp³-hybridized carbons (Fsp3) is 0. The Morgan fingerprint density at radius 3 is 1.48 bits per heavy atom. The molecule has 11 aromatic carbocycles. The molecule has 0 fully saturated rings. The van der Waals surface area contributed by atoms with E-state index in [1.165, 1.54) is 37.7 Å². The van der Waals surface area contributed by atoms with Crippen molar-refractivity contribution in [1.82, 2.24) is 19.5 Å². The number of hydrogen-bond acceptors (Lipinski definition) is 4. The molecule has 0 atom stereocenters. The Morgan fingerprint density at radius 1 is 0.297 bits per heavy atom. The largest absolute Gasteiger partial charge is 0.456 e. The number of hydrogen-bond donors (Lipinski definition) is 0. The van der Waals surface area contributed by atoms with Gasteiger partial charge in [-0.15, -0.1) is 0 Å². The molecule has 296 valence electrons. The molecular formula is C59H34N4O. The number of benzene rings is 11. The summed E-state index contributed by atoms with van der Waals surface area (Å²) < 4.78 is 9.14. The van der Waals surface area contributed by atoms with Gasteiger partial charge in [-0.1, -0.05) is 158 Å². The summed E-state index contributed by atoms with van der Waals surface area (Å²) >= 11 is 0. The second-order valence-corrected chi connectivity index (χ2v) is 16.7. The summed E-state index contributed by atoms with van der Waals surface area (Å²) in [5.74, 6) is 1.79. The minimum Gasteiger partial charge on any atom is -0.456 e. The SMILES string of the molecule is c1ccc2cc3c(cc2c1)c1cc2ccccc2cc1n3-c1c(-c2nc(-c3cccc4ccccc34)nc(-c3cc4ccccc4c4ccccc34)n2)ccc2oc3ccccc3c12. The van der Waals surface area contributed by atoms with Crippen LogP contribution in [0.15, 0.2) is 211 Å². The molecule has 0 spiro atoms. The lowest BCUT2D eigenvalue weighted by Gasteiger charge is -2.17. The highest BCUT2D eigenvalue weighted by atomic mass is 16.3. The molecule has 3 heterocycles. The van der Waals surface area contributed by atoms with Crippen LogP contribution in [0.25, 0.3) is 137 Å². The summed E-state index contributed by atoms with van der Waals surface area (Å²) in [6, 6.07) is 73.4. The summed E-state index contributed by atoms with van der Waals surface area (Å²) in [5.41, 5.74) is 7.51. The van der Waals surface area contributed by atoms with Crippen LogP contribution in [-0.2, 0) is 0 Å². The third-order valence-electron chi connectivity index (χ3n) is 13.2. The van der Waals surface area contributed by atoms with Gasteiger partial charge in [-0.05, 0) is 102 Å². The second-order valence-electron chi connectivity index (χ2n) is 16.7. The highest BCUT2D eigenvalue weighted by molar-refractivity contribution is 6.20. The smallest absolute Gasteiger partial charge is 0.166 e. The van der Waals surface area contributed by atoms with Crippen LogP contribution in [0, 0.1) is 0 Å². The van der Waals surface area contributed by atoms with Crippen molar-refractivity contribution in [3.8, 4) is 39.9 Å². The van der Waals surface area contributed by atoms with Gasteiger partial charge in [0.2, 0.25) is 0 Å². The number of nitrogens with zero attached hydrogens (tertiary/aromatic N) is 4. The lowest BCUT2D eigenvalue weighted by Crippen LogP contribution is -2.04. The van der Waals surface area contributed by atoms with E-state index in [-0.39, 0.29) is 0 Å². The fourth-order valence-corrected chi connectivity index (χ4v) is 10.2. The molecule has 5 heteroatoms. The van der Waals surface area contributed by atoms with Crippen molar-refractivity contribution >= 4 is 97.6 Å². The van der Waals surface area contributed by atoms with Crippen molar-refractivity contribution in [3.63, 3.8) is 0 Å². The van der Waals surface area contributed by atoms with Crippen LogP contribution in [0.5, 0.6) is 0 Å². The van der Waals surface area contributed by atoms with E-state index in [4.69, 9.17) is 19.4 Å². The van der Waals surface area contributed by atoms with Gasteiger partial charge in [-0.2, -0.15) is 0 Å². The molecule has 14 aromatic rings. The molecule has 0 aliphatic heterocycles. The molecule has 5 nitrogen and oxygen atoms in total. The number of furan rings is 1. The van der Waals surface area contributed by atoms with Gasteiger partial charge >= 0.3 is 0 Å². The Labute approximate surface area is 366 Å². The quantitative estimate of drug-likeness (QED) is 0.166. The van der Waals surface area contributed by atoms with Crippen LogP contribution in [0.4, 0.5) is 0 Å². The Hall–Kier alpha value is -8.67. The average molecular weight is 815 g/mol. The van der Waals surface area contributed by atoms with Gasteiger partial charge < -0.3 is 8.98 Å². The summed E-state index contributed by atoms with van der Waals surface area (Å²) in [4.78, 5) is 16.5. The Balaban J connectivity index is 1.16. The predicted octanol–water partition coefficient (Wildman–Crippen LogP) is 15.6. The lowest BCUT2D eigenvalue weighted by molar-refractivity contribution is 0.669. The van der Waals surface area contributed by atoms with Gasteiger partial charge in [0.15, 0.2) is 17.5 Å². The average Bonchev–Trinajstić information content (AvgIpc) is 3.88. The monoisotopic (exact) mass is 814 g/mol. The molecule has 3 aromatic heterocycles. The van der Waals surface area contributed by atoms with Gasteiger partial charge in [0.1, 0.15) is 11.2 Å². The van der Waals surface area contributed by atoms with Crippen LogP contribution < -0.4 is 0 Å². The summed E-state index contributed by atoms with van der Waals surface area (Å²) in [5, 5.41) is 15.8. The van der Waals surface area contributed by atoms with Crippen molar-refractivity contribution in [2.75, 3.05) is 0 Å². The predicted molar refractivity (Wildman–Crippen MR) is 265 cm³/mol. The van der Waals surface area contributed by atoms with E-state index >= 15 is 0 Å². The van der Waals surface area contributed by atoms with Crippen LogP contribution >= 0.6 is 0 Å². The summed E-state index contributed by atoms with van der Waals surface area (Å²) in [6.45, 7) is 0. The minimum absolute atomic E-state index is 0.573. The van der Waals surface area contributed by atoms with Gasteiger partial charge in [0.05, 0.1) is 22.1 Å². The zero-order valence-electron chi connectivity index (χ0n) is 34.3. The zero-order valence-corrected chi connectivity index (χ0v) is 34.3. The molecule has 14 rings (SSSR count). The Morgan fingerprint density at radius 2 is 0.797 bits per heavy atom. The summed E-state index contributed by atoms with van der Waals surface area (Å²) in [6.07, 6.45) is 0. The first kappa shape index (κ1) is 35.0. The third-order valence-corrected chi connectivity index (χ3v) is 13.2. The number of aromatic nitrogens is 4. The first-order valence-corrected chi connectivity index (χ1v) is 21.7. The van der Waals surface area contributed by atoms with E-state index in [9.17, 15) is 0 Å². The maximum absolute atomic E-state index is 6.70. The van der Waals surface area contributed by atoms with Crippen molar-refractivity contribution in [3.05, 3.63) is 206 Å². The molecule has 0 aliphatic carbocycles. The molecule has 0 bridgehead atoms. The van der Waals surface area contributed by atoms with Gasteiger partial charge in [-0.25, -0.2) is 15.0 Å². The Bertz CT molecular complexity index is 4180. The van der Waals surface area contributed by atoms with Crippen molar-refractivity contribution < 1.29 is 4.42 Å². The van der Waals surface area contributed by atoms with E-state index in [0.717, 1.165) is 82.3 Å². The molecule has 0 radical (unpaired) electrons. The van der Waals surface area contributed by atoms with E-state index in [1.54, 1.807) is 0 Å².